The first-order chi connectivity index (χ1) is 16.4. The predicted octanol–water partition coefficient (Wildman–Crippen LogP) is 3.55. The van der Waals surface area contributed by atoms with Crippen molar-refractivity contribution in [2.75, 3.05) is 51.9 Å². The summed E-state index contributed by atoms with van der Waals surface area (Å²) in [5.74, 6) is 0.845. The summed E-state index contributed by atoms with van der Waals surface area (Å²) in [6.45, 7) is 5.91. The van der Waals surface area contributed by atoms with Gasteiger partial charge in [-0.05, 0) is 49.7 Å². The molecule has 3 rings (SSSR count). The van der Waals surface area contributed by atoms with Crippen molar-refractivity contribution in [1.82, 2.24) is 4.31 Å². The van der Waals surface area contributed by atoms with E-state index in [-0.39, 0.29) is 23.7 Å². The van der Waals surface area contributed by atoms with Gasteiger partial charge < -0.3 is 24.3 Å². The van der Waals surface area contributed by atoms with Gasteiger partial charge in [0.25, 0.3) is 5.91 Å². The fourth-order valence-corrected chi connectivity index (χ4v) is 5.01. The average Bonchev–Trinajstić information content (AvgIpc) is 2.85. The van der Waals surface area contributed by atoms with Crippen molar-refractivity contribution in [2.45, 2.75) is 31.6 Å². The zero-order chi connectivity index (χ0) is 24.6. The number of morpholine rings is 1. The number of methoxy groups -OCH3 is 1. The SMILES string of the molecule is CCCCOc1ccc(C(=O)Nc2ccc(OCC)c(S(=O)(=O)N3CCOCC3)c2)cc1OC. The molecular weight excluding hydrogens is 460 g/mol. The van der Waals surface area contributed by atoms with E-state index in [1.807, 2.05) is 0 Å². The van der Waals surface area contributed by atoms with Crippen LogP contribution < -0.4 is 19.5 Å². The van der Waals surface area contributed by atoms with E-state index < -0.39 is 15.9 Å². The first kappa shape index (κ1) is 25.8. The molecule has 1 aliphatic heterocycles. The summed E-state index contributed by atoms with van der Waals surface area (Å²) in [6.07, 6.45) is 1.92. The van der Waals surface area contributed by atoms with Gasteiger partial charge in [-0.1, -0.05) is 13.3 Å². The molecule has 0 saturated carbocycles. The molecule has 0 bridgehead atoms. The number of anilines is 1. The van der Waals surface area contributed by atoms with Gasteiger partial charge in [-0.2, -0.15) is 4.31 Å². The zero-order valence-electron chi connectivity index (χ0n) is 19.8. The number of hydrogen-bond acceptors (Lipinski definition) is 7. The minimum atomic E-state index is -3.82. The molecule has 0 aromatic heterocycles. The highest BCUT2D eigenvalue weighted by atomic mass is 32.2. The van der Waals surface area contributed by atoms with Gasteiger partial charge in [0.05, 0.1) is 33.5 Å². The molecule has 1 fully saturated rings. The number of rotatable bonds is 11. The molecular formula is C24H32N2O7S. The van der Waals surface area contributed by atoms with E-state index in [9.17, 15) is 13.2 Å². The summed E-state index contributed by atoms with van der Waals surface area (Å²) in [4.78, 5) is 12.9. The number of hydrogen-bond donors (Lipinski definition) is 1. The van der Waals surface area contributed by atoms with Crippen LogP contribution in [-0.4, -0.2) is 65.3 Å². The number of benzene rings is 2. The van der Waals surface area contributed by atoms with E-state index in [0.29, 0.717) is 49.2 Å². The first-order valence-electron chi connectivity index (χ1n) is 11.4. The van der Waals surface area contributed by atoms with E-state index in [1.54, 1.807) is 37.3 Å². The van der Waals surface area contributed by atoms with Gasteiger partial charge in [-0.3, -0.25) is 4.79 Å². The molecule has 0 spiro atoms. The van der Waals surface area contributed by atoms with Crippen LogP contribution in [0.1, 0.15) is 37.0 Å². The maximum absolute atomic E-state index is 13.3. The van der Waals surface area contributed by atoms with Crippen molar-refractivity contribution in [3.8, 4) is 17.2 Å². The predicted molar refractivity (Wildman–Crippen MR) is 129 cm³/mol. The smallest absolute Gasteiger partial charge is 0.255 e. The molecule has 0 atom stereocenters. The molecule has 1 amide bonds. The number of ether oxygens (including phenoxy) is 4. The van der Waals surface area contributed by atoms with Crippen LogP contribution in [0.3, 0.4) is 0 Å². The minimum Gasteiger partial charge on any atom is -0.493 e. The third kappa shape index (κ3) is 6.19. The van der Waals surface area contributed by atoms with Crippen LogP contribution in [0.2, 0.25) is 0 Å². The Kier molecular flexibility index (Phi) is 9.14. The fourth-order valence-electron chi connectivity index (χ4n) is 3.45. The lowest BCUT2D eigenvalue weighted by Crippen LogP contribution is -2.40. The van der Waals surface area contributed by atoms with E-state index >= 15 is 0 Å². The summed E-state index contributed by atoms with van der Waals surface area (Å²) < 4.78 is 49.8. The molecule has 1 aliphatic rings. The second kappa shape index (κ2) is 12.0. The highest BCUT2D eigenvalue weighted by Crippen LogP contribution is 2.32. The average molecular weight is 493 g/mol. The third-order valence-electron chi connectivity index (χ3n) is 5.27. The van der Waals surface area contributed by atoms with Crippen LogP contribution >= 0.6 is 0 Å². The summed E-state index contributed by atoms with van der Waals surface area (Å²) in [6, 6.07) is 9.51. The number of amides is 1. The summed E-state index contributed by atoms with van der Waals surface area (Å²) in [5, 5.41) is 2.77. The molecule has 186 valence electrons. The van der Waals surface area contributed by atoms with Crippen molar-refractivity contribution in [3.05, 3.63) is 42.0 Å². The lowest BCUT2D eigenvalue weighted by Gasteiger charge is -2.27. The van der Waals surface area contributed by atoms with Crippen LogP contribution in [0, 0.1) is 0 Å². The van der Waals surface area contributed by atoms with Crippen LogP contribution in [0.4, 0.5) is 5.69 Å². The van der Waals surface area contributed by atoms with E-state index in [4.69, 9.17) is 18.9 Å². The number of carbonyl (C=O) groups is 1. The highest BCUT2D eigenvalue weighted by Gasteiger charge is 2.30. The van der Waals surface area contributed by atoms with Crippen LogP contribution in [0.5, 0.6) is 17.2 Å². The first-order valence-corrected chi connectivity index (χ1v) is 12.8. The Balaban J connectivity index is 1.83. The van der Waals surface area contributed by atoms with Gasteiger partial charge in [0.1, 0.15) is 10.6 Å². The van der Waals surface area contributed by atoms with Crippen molar-refractivity contribution < 1.29 is 32.2 Å². The molecule has 1 N–H and O–H groups in total. The van der Waals surface area contributed by atoms with Gasteiger partial charge in [0, 0.05) is 24.3 Å². The van der Waals surface area contributed by atoms with Crippen molar-refractivity contribution >= 4 is 21.6 Å². The summed E-state index contributed by atoms with van der Waals surface area (Å²) in [7, 11) is -2.31. The molecule has 1 heterocycles. The second-order valence-electron chi connectivity index (χ2n) is 7.63. The van der Waals surface area contributed by atoms with Crippen LogP contribution in [0.15, 0.2) is 41.3 Å². The maximum Gasteiger partial charge on any atom is 0.255 e. The number of nitrogens with one attached hydrogen (secondary N) is 1. The number of carbonyl (C=O) groups excluding carboxylic acids is 1. The van der Waals surface area contributed by atoms with Crippen molar-refractivity contribution in [3.63, 3.8) is 0 Å². The number of nitrogens with zero attached hydrogens (tertiary/aromatic N) is 1. The second-order valence-corrected chi connectivity index (χ2v) is 9.54. The highest BCUT2D eigenvalue weighted by molar-refractivity contribution is 7.89. The molecule has 0 aliphatic carbocycles. The quantitative estimate of drug-likeness (QED) is 0.479. The van der Waals surface area contributed by atoms with Gasteiger partial charge in [-0.25, -0.2) is 8.42 Å². The molecule has 1 saturated heterocycles. The van der Waals surface area contributed by atoms with Crippen molar-refractivity contribution in [1.29, 1.82) is 0 Å². The monoisotopic (exact) mass is 492 g/mol. The molecule has 9 nitrogen and oxygen atoms in total. The Hall–Kier alpha value is -2.82. The topological polar surface area (TPSA) is 103 Å². The molecule has 0 radical (unpaired) electrons. The molecule has 34 heavy (non-hydrogen) atoms. The lowest BCUT2D eigenvalue weighted by molar-refractivity contribution is 0.0729. The molecule has 0 unspecified atom stereocenters. The van der Waals surface area contributed by atoms with Crippen LogP contribution in [-0.2, 0) is 14.8 Å². The Morgan fingerprint density at radius 1 is 1.03 bits per heavy atom. The van der Waals surface area contributed by atoms with Gasteiger partial charge in [-0.15, -0.1) is 0 Å². The third-order valence-corrected chi connectivity index (χ3v) is 7.19. The minimum absolute atomic E-state index is 0.00584. The Morgan fingerprint density at radius 2 is 1.76 bits per heavy atom. The van der Waals surface area contributed by atoms with Gasteiger partial charge in [0.2, 0.25) is 10.0 Å². The molecule has 2 aromatic carbocycles. The Bertz CT molecular complexity index is 1080. The van der Waals surface area contributed by atoms with Gasteiger partial charge in [0.15, 0.2) is 11.5 Å². The maximum atomic E-state index is 13.3. The largest absolute Gasteiger partial charge is 0.493 e. The lowest BCUT2D eigenvalue weighted by atomic mass is 10.1. The van der Waals surface area contributed by atoms with E-state index in [2.05, 4.69) is 12.2 Å². The summed E-state index contributed by atoms with van der Waals surface area (Å²) in [5.41, 5.74) is 0.689. The normalized spacial score (nSPS) is 14.4. The van der Waals surface area contributed by atoms with E-state index in [1.165, 1.54) is 17.5 Å². The summed E-state index contributed by atoms with van der Waals surface area (Å²) >= 11 is 0. The standard InChI is InChI=1S/C24H32N2O7S/c1-4-6-13-33-20-9-7-18(16-22(20)30-3)24(27)25-19-8-10-21(32-5-2)23(17-19)34(28,29)26-11-14-31-15-12-26/h7-10,16-17H,4-6,11-15H2,1-3H3,(H,25,27). The van der Waals surface area contributed by atoms with Crippen LogP contribution in [0.25, 0.3) is 0 Å². The Labute approximate surface area is 201 Å². The molecule has 10 heteroatoms. The number of unbranched alkanes of at least 4 members (excludes halogenated alkanes) is 1. The fraction of sp³-hybridized carbons (Fsp3) is 0.458. The van der Waals surface area contributed by atoms with Gasteiger partial charge >= 0.3 is 0 Å². The zero-order valence-corrected chi connectivity index (χ0v) is 20.7. The van der Waals surface area contributed by atoms with E-state index in [0.717, 1.165) is 12.8 Å². The van der Waals surface area contributed by atoms with Crippen molar-refractivity contribution in [2.24, 2.45) is 0 Å². The Morgan fingerprint density at radius 3 is 2.44 bits per heavy atom. The molecule has 2 aromatic rings. The number of sulfonamides is 1.